The molecule has 1 heterocycles. The average Bonchev–Trinajstić information content (AvgIpc) is 3.91. The zero-order valence-electron chi connectivity index (χ0n) is 27.5. The molecule has 14 nitrogen and oxygen atoms in total. The molecule has 0 spiro atoms. The van der Waals surface area contributed by atoms with Crippen LogP contribution in [0, 0.1) is 0 Å². The monoisotopic (exact) mass is 750 g/mol. The number of nitrogens with zero attached hydrogens (tertiary/aromatic N) is 3. The quantitative estimate of drug-likeness (QED) is 0.0709. The summed E-state index contributed by atoms with van der Waals surface area (Å²) in [5.74, 6) is -2.22. The topological polar surface area (TPSA) is 197 Å². The van der Waals surface area contributed by atoms with E-state index < -0.39 is 53.1 Å². The van der Waals surface area contributed by atoms with Gasteiger partial charge in [0.1, 0.15) is 17.4 Å². The molecular formula is C35H30ClF3N8O6. The van der Waals surface area contributed by atoms with E-state index in [1.807, 2.05) is 12.1 Å². The van der Waals surface area contributed by atoms with Crippen molar-refractivity contribution in [1.82, 2.24) is 20.3 Å². The zero-order chi connectivity index (χ0) is 37.8. The number of carboxylic acid groups (broad SMARTS) is 1. The highest BCUT2D eigenvalue weighted by Gasteiger charge is 2.45. The van der Waals surface area contributed by atoms with Gasteiger partial charge in [-0.2, -0.15) is 28.1 Å². The number of nitrogens with one attached hydrogen (secondary N) is 5. The fourth-order valence-electron chi connectivity index (χ4n) is 5.29. The lowest BCUT2D eigenvalue weighted by Crippen LogP contribution is -2.42. The summed E-state index contributed by atoms with van der Waals surface area (Å²) in [5, 5.41) is 24.4. The molecule has 1 aliphatic rings. The molecule has 0 radical (unpaired) electrons. The average molecular weight is 751 g/mol. The molecule has 4 aromatic carbocycles. The number of carbonyl (C=O) groups is 2. The Morgan fingerprint density at radius 1 is 0.849 bits per heavy atom. The maximum Gasteiger partial charge on any atom is 0.422 e. The standard InChI is InChI=1S/C35H30ClF3N8O6/c36-21-10-8-20(9-11-21)34(15-16-34)47-32-44-31(45-33(46-32)53-18-35(37,38)39)42-23-12-6-19(7-13-23)29(50)43-24(30(51)52)14-17-40-25-26(28(49)27(25)48)41-22-4-2-1-3-5-22/h1-13,24,40-41H,14-18H2,(H,43,50)(H,51,52)(H2,42,44,45,46,47)/t24-/m0/s1. The second-order valence-corrected chi connectivity index (χ2v) is 12.5. The van der Waals surface area contributed by atoms with Gasteiger partial charge in [-0.15, -0.1) is 0 Å². The first-order valence-electron chi connectivity index (χ1n) is 16.1. The van der Waals surface area contributed by atoms with Crippen LogP contribution in [0.4, 0.5) is 47.8 Å². The van der Waals surface area contributed by atoms with E-state index in [0.29, 0.717) is 29.2 Å². The molecule has 18 heteroatoms. The van der Waals surface area contributed by atoms with Crippen LogP contribution in [0.5, 0.6) is 6.01 Å². The smallest absolute Gasteiger partial charge is 0.422 e. The number of halogens is 4. The zero-order valence-corrected chi connectivity index (χ0v) is 28.2. The van der Waals surface area contributed by atoms with Gasteiger partial charge < -0.3 is 36.4 Å². The first-order valence-corrected chi connectivity index (χ1v) is 16.5. The van der Waals surface area contributed by atoms with Crippen LogP contribution in [-0.2, 0) is 10.3 Å². The van der Waals surface area contributed by atoms with Gasteiger partial charge in [0, 0.05) is 28.5 Å². The van der Waals surface area contributed by atoms with Crippen molar-refractivity contribution in [3.8, 4) is 6.01 Å². The van der Waals surface area contributed by atoms with E-state index in [1.165, 1.54) is 24.3 Å². The van der Waals surface area contributed by atoms with Gasteiger partial charge in [-0.3, -0.25) is 14.4 Å². The fraction of sp³-hybridized carbons (Fsp3) is 0.229. The van der Waals surface area contributed by atoms with Gasteiger partial charge in [0.2, 0.25) is 11.9 Å². The van der Waals surface area contributed by atoms with Crippen molar-refractivity contribution in [2.24, 2.45) is 0 Å². The number of amides is 1. The minimum absolute atomic E-state index is 0.0196. The first kappa shape index (κ1) is 36.6. The lowest BCUT2D eigenvalue weighted by molar-refractivity contribution is -0.154. The Morgan fingerprint density at radius 2 is 1.49 bits per heavy atom. The number of hydrogen-bond acceptors (Lipinski definition) is 12. The van der Waals surface area contributed by atoms with Gasteiger partial charge in [-0.05, 0) is 73.4 Å². The first-order chi connectivity index (χ1) is 25.3. The molecule has 1 aliphatic carbocycles. The van der Waals surface area contributed by atoms with E-state index in [-0.39, 0.29) is 41.8 Å². The molecule has 6 rings (SSSR count). The van der Waals surface area contributed by atoms with Gasteiger partial charge in [-0.25, -0.2) is 4.79 Å². The molecule has 1 atom stereocenters. The molecule has 274 valence electrons. The summed E-state index contributed by atoms with van der Waals surface area (Å²) < 4.78 is 43.6. The number of anilines is 6. The van der Waals surface area contributed by atoms with Crippen LogP contribution in [0.15, 0.2) is 88.5 Å². The second-order valence-electron chi connectivity index (χ2n) is 12.1. The molecular weight excluding hydrogens is 721 g/mol. The number of rotatable bonds is 16. The Balaban J connectivity index is 1.09. The third-order valence-corrected chi connectivity index (χ3v) is 8.42. The fourth-order valence-corrected chi connectivity index (χ4v) is 5.42. The minimum atomic E-state index is -4.64. The van der Waals surface area contributed by atoms with Crippen LogP contribution in [0.2, 0.25) is 5.02 Å². The van der Waals surface area contributed by atoms with Crippen LogP contribution >= 0.6 is 11.6 Å². The maximum absolute atomic E-state index is 13.0. The molecule has 1 aromatic heterocycles. The highest BCUT2D eigenvalue weighted by Crippen LogP contribution is 2.48. The Hall–Kier alpha value is -6.23. The predicted molar refractivity (Wildman–Crippen MR) is 190 cm³/mol. The predicted octanol–water partition coefficient (Wildman–Crippen LogP) is 5.34. The third-order valence-electron chi connectivity index (χ3n) is 8.17. The van der Waals surface area contributed by atoms with E-state index >= 15 is 0 Å². The molecule has 0 bridgehead atoms. The molecule has 53 heavy (non-hydrogen) atoms. The van der Waals surface area contributed by atoms with Crippen LogP contribution in [-0.4, -0.2) is 57.3 Å². The summed E-state index contributed by atoms with van der Waals surface area (Å²) in [6.45, 7) is -1.68. The van der Waals surface area contributed by atoms with Crippen molar-refractivity contribution < 1.29 is 32.6 Å². The van der Waals surface area contributed by atoms with Crippen LogP contribution in [0.3, 0.4) is 0 Å². The van der Waals surface area contributed by atoms with Gasteiger partial charge in [0.25, 0.3) is 16.8 Å². The summed E-state index contributed by atoms with van der Waals surface area (Å²) >= 11 is 6.02. The maximum atomic E-state index is 13.0. The van der Waals surface area contributed by atoms with Gasteiger partial charge in [0.15, 0.2) is 6.61 Å². The number of aromatic nitrogens is 3. The number of para-hydroxylation sites is 1. The van der Waals surface area contributed by atoms with Crippen LogP contribution in [0.1, 0.15) is 35.2 Å². The van der Waals surface area contributed by atoms with Gasteiger partial charge in [-0.1, -0.05) is 41.9 Å². The number of hydrogen-bond donors (Lipinski definition) is 6. The van der Waals surface area contributed by atoms with Crippen molar-refractivity contribution in [2.75, 3.05) is 34.4 Å². The van der Waals surface area contributed by atoms with Crippen molar-refractivity contribution >= 4 is 58.1 Å². The van der Waals surface area contributed by atoms with Crippen molar-refractivity contribution in [1.29, 1.82) is 0 Å². The number of ether oxygens (including phenoxy) is 1. The number of aliphatic carboxylic acids is 1. The molecule has 1 fully saturated rings. The normalized spacial score (nSPS) is 13.8. The molecule has 5 aromatic rings. The summed E-state index contributed by atoms with van der Waals surface area (Å²) in [7, 11) is 0. The number of carboxylic acids is 1. The summed E-state index contributed by atoms with van der Waals surface area (Å²) in [4.78, 5) is 61.4. The van der Waals surface area contributed by atoms with Crippen LogP contribution < -0.4 is 42.2 Å². The Bertz CT molecular complexity index is 2180. The molecule has 0 unspecified atom stereocenters. The van der Waals surface area contributed by atoms with E-state index in [9.17, 15) is 37.5 Å². The summed E-state index contributed by atoms with van der Waals surface area (Å²) in [6, 6.07) is 19.6. The highest BCUT2D eigenvalue weighted by atomic mass is 35.5. The molecule has 1 amide bonds. The number of carbonyl (C=O) groups excluding carboxylic acids is 1. The third kappa shape index (κ3) is 9.17. The second kappa shape index (κ2) is 15.2. The van der Waals surface area contributed by atoms with Gasteiger partial charge in [0.05, 0.1) is 5.54 Å². The molecule has 1 saturated carbocycles. The lowest BCUT2D eigenvalue weighted by Gasteiger charge is -2.19. The van der Waals surface area contributed by atoms with Crippen molar-refractivity contribution in [3.63, 3.8) is 0 Å². The van der Waals surface area contributed by atoms with E-state index in [1.54, 1.807) is 42.5 Å². The van der Waals surface area contributed by atoms with Gasteiger partial charge >= 0.3 is 18.2 Å². The van der Waals surface area contributed by atoms with E-state index in [2.05, 4.69) is 41.5 Å². The summed E-state index contributed by atoms with van der Waals surface area (Å²) in [6.07, 6.45) is -3.36. The SMILES string of the molecule is O=C(N[C@@H](CCNc1c(Nc2ccccc2)c(=O)c1=O)C(=O)O)c1ccc(Nc2nc(NC3(c4ccc(Cl)cc4)CC3)nc(OCC(F)(F)F)n2)cc1. The highest BCUT2D eigenvalue weighted by molar-refractivity contribution is 6.30. The molecule has 0 saturated heterocycles. The van der Waals surface area contributed by atoms with Crippen molar-refractivity contribution in [3.05, 3.63) is 115 Å². The minimum Gasteiger partial charge on any atom is -0.480 e. The molecule has 6 N–H and O–H groups in total. The Kier molecular flexibility index (Phi) is 10.5. The largest absolute Gasteiger partial charge is 0.480 e. The Morgan fingerprint density at radius 3 is 2.13 bits per heavy atom. The van der Waals surface area contributed by atoms with E-state index in [4.69, 9.17) is 16.3 Å². The van der Waals surface area contributed by atoms with E-state index in [0.717, 1.165) is 5.56 Å². The summed E-state index contributed by atoms with van der Waals surface area (Å²) in [5.41, 5.74) is -0.0197. The van der Waals surface area contributed by atoms with Crippen molar-refractivity contribution in [2.45, 2.75) is 37.0 Å². The Labute approximate surface area is 303 Å². The number of benzene rings is 3. The van der Waals surface area contributed by atoms with Crippen LogP contribution in [0.25, 0.3) is 0 Å². The number of alkyl halides is 3. The lowest BCUT2D eigenvalue weighted by atomic mass is 10.1. The molecule has 0 aliphatic heterocycles.